The second kappa shape index (κ2) is 3.57. The van der Waals surface area contributed by atoms with E-state index in [2.05, 4.69) is 0 Å². The molecule has 2 fully saturated rings. The van der Waals surface area contributed by atoms with Gasteiger partial charge in [-0.05, 0) is 0 Å². The summed E-state index contributed by atoms with van der Waals surface area (Å²) in [5.41, 5.74) is 0. The Labute approximate surface area is 81.3 Å². The van der Waals surface area contributed by atoms with E-state index in [1.807, 2.05) is 0 Å². The lowest BCUT2D eigenvalue weighted by Gasteiger charge is -2.14. The van der Waals surface area contributed by atoms with E-state index in [1.54, 1.807) is 0 Å². The lowest BCUT2D eigenvalue weighted by Crippen LogP contribution is -2.26. The van der Waals surface area contributed by atoms with E-state index in [1.165, 1.54) is 6.92 Å². The monoisotopic (exact) mass is 200 g/mol. The number of ether oxygens (including phenoxy) is 3. The van der Waals surface area contributed by atoms with Gasteiger partial charge in [-0.2, -0.15) is 0 Å². The summed E-state index contributed by atoms with van der Waals surface area (Å²) in [5.74, 6) is -0.689. The first-order valence-electron chi connectivity index (χ1n) is 4.60. The Balaban J connectivity index is 1.93. The highest BCUT2D eigenvalue weighted by Gasteiger charge is 2.48. The maximum absolute atomic E-state index is 11.3. The molecule has 2 aliphatic heterocycles. The van der Waals surface area contributed by atoms with Crippen LogP contribution in [0, 0.1) is 11.8 Å². The first kappa shape index (κ1) is 9.45. The first-order valence-corrected chi connectivity index (χ1v) is 4.60. The molecule has 2 saturated heterocycles. The third-order valence-electron chi connectivity index (χ3n) is 2.62. The number of esters is 2. The highest BCUT2D eigenvalue weighted by atomic mass is 16.6. The van der Waals surface area contributed by atoms with E-state index in [4.69, 9.17) is 14.2 Å². The Morgan fingerprint density at radius 1 is 1.57 bits per heavy atom. The highest BCUT2D eigenvalue weighted by molar-refractivity contribution is 5.76. The first-order chi connectivity index (χ1) is 6.68. The third-order valence-corrected chi connectivity index (χ3v) is 2.62. The van der Waals surface area contributed by atoms with Crippen molar-refractivity contribution >= 4 is 11.9 Å². The standard InChI is InChI=1S/C9H12O5/c1-5(10)13-4-8-6-2-12-3-7(6)9(11)14-8/h6-8H,2-4H2,1H3/t6-,7+,8-/m0/s1. The number of carbonyl (C=O) groups excluding carboxylic acids is 2. The van der Waals surface area contributed by atoms with Crippen molar-refractivity contribution in [1.29, 1.82) is 0 Å². The van der Waals surface area contributed by atoms with Crippen LogP contribution in [0.25, 0.3) is 0 Å². The summed E-state index contributed by atoms with van der Waals surface area (Å²) in [5, 5.41) is 0. The summed E-state index contributed by atoms with van der Waals surface area (Å²) in [4.78, 5) is 21.8. The van der Waals surface area contributed by atoms with Crippen LogP contribution in [-0.4, -0.2) is 37.9 Å². The topological polar surface area (TPSA) is 61.8 Å². The van der Waals surface area contributed by atoms with Gasteiger partial charge >= 0.3 is 11.9 Å². The molecule has 3 atom stereocenters. The lowest BCUT2D eigenvalue weighted by molar-refractivity contribution is -0.154. The number of hydrogen-bond donors (Lipinski definition) is 0. The second-order valence-corrected chi connectivity index (χ2v) is 3.59. The fraction of sp³-hybridized carbons (Fsp3) is 0.778. The predicted molar refractivity (Wildman–Crippen MR) is 44.3 cm³/mol. The van der Waals surface area contributed by atoms with Crippen LogP contribution in [0.4, 0.5) is 0 Å². The van der Waals surface area contributed by atoms with Crippen LogP contribution >= 0.6 is 0 Å². The third kappa shape index (κ3) is 1.59. The minimum atomic E-state index is -0.358. The zero-order chi connectivity index (χ0) is 10.1. The molecular weight excluding hydrogens is 188 g/mol. The molecule has 0 N–H and O–H groups in total. The van der Waals surface area contributed by atoms with E-state index in [9.17, 15) is 9.59 Å². The molecule has 0 aromatic heterocycles. The zero-order valence-electron chi connectivity index (χ0n) is 7.89. The van der Waals surface area contributed by atoms with E-state index in [0.29, 0.717) is 13.2 Å². The minimum Gasteiger partial charge on any atom is -0.462 e. The number of cyclic esters (lactones) is 1. The smallest absolute Gasteiger partial charge is 0.312 e. The normalized spacial score (nSPS) is 35.2. The molecule has 5 nitrogen and oxygen atoms in total. The summed E-state index contributed by atoms with van der Waals surface area (Å²) in [6.07, 6.45) is -0.320. The Morgan fingerprint density at radius 3 is 3.07 bits per heavy atom. The van der Waals surface area contributed by atoms with Gasteiger partial charge in [0, 0.05) is 12.8 Å². The van der Waals surface area contributed by atoms with Crippen molar-refractivity contribution in [2.75, 3.05) is 19.8 Å². The van der Waals surface area contributed by atoms with E-state index >= 15 is 0 Å². The highest BCUT2D eigenvalue weighted by Crippen LogP contribution is 2.33. The summed E-state index contributed by atoms with van der Waals surface area (Å²) in [6, 6.07) is 0. The SMILES string of the molecule is CC(=O)OC[C@@H]1OC(=O)[C@@H]2COC[C@H]12. The van der Waals surface area contributed by atoms with Gasteiger partial charge in [-0.3, -0.25) is 9.59 Å². The largest absolute Gasteiger partial charge is 0.462 e. The van der Waals surface area contributed by atoms with Gasteiger partial charge < -0.3 is 14.2 Å². The molecule has 0 saturated carbocycles. The molecule has 0 amide bonds. The summed E-state index contributed by atoms with van der Waals surface area (Å²) in [6.45, 7) is 2.42. The van der Waals surface area contributed by atoms with Gasteiger partial charge in [-0.25, -0.2) is 0 Å². The molecule has 0 spiro atoms. The molecule has 0 aliphatic carbocycles. The molecule has 0 aromatic rings. The Kier molecular flexibility index (Phi) is 2.41. The Bertz CT molecular complexity index is 262. The molecular formula is C9H12O5. The fourth-order valence-electron chi connectivity index (χ4n) is 1.86. The van der Waals surface area contributed by atoms with E-state index in [0.717, 1.165) is 0 Å². The van der Waals surface area contributed by atoms with Crippen LogP contribution < -0.4 is 0 Å². The Morgan fingerprint density at radius 2 is 2.36 bits per heavy atom. The fourth-order valence-corrected chi connectivity index (χ4v) is 1.86. The molecule has 2 aliphatic rings. The molecule has 5 heteroatoms. The maximum atomic E-state index is 11.3. The molecule has 0 radical (unpaired) electrons. The van der Waals surface area contributed by atoms with Gasteiger partial charge in [-0.15, -0.1) is 0 Å². The van der Waals surface area contributed by atoms with Crippen molar-refractivity contribution in [2.24, 2.45) is 11.8 Å². The van der Waals surface area contributed by atoms with Gasteiger partial charge in [0.15, 0.2) is 0 Å². The van der Waals surface area contributed by atoms with Crippen LogP contribution in [0.3, 0.4) is 0 Å². The van der Waals surface area contributed by atoms with Gasteiger partial charge in [-0.1, -0.05) is 0 Å². The van der Waals surface area contributed by atoms with Gasteiger partial charge in [0.05, 0.1) is 19.1 Å². The molecule has 0 bridgehead atoms. The van der Waals surface area contributed by atoms with Crippen LogP contribution in [0.2, 0.25) is 0 Å². The van der Waals surface area contributed by atoms with Gasteiger partial charge in [0.1, 0.15) is 12.7 Å². The quantitative estimate of drug-likeness (QED) is 0.574. The van der Waals surface area contributed by atoms with Crippen molar-refractivity contribution in [2.45, 2.75) is 13.0 Å². The molecule has 14 heavy (non-hydrogen) atoms. The van der Waals surface area contributed by atoms with Crippen LogP contribution in [0.1, 0.15) is 6.92 Å². The Hall–Kier alpha value is -1.10. The maximum Gasteiger partial charge on any atom is 0.312 e. The van der Waals surface area contributed by atoms with Crippen LogP contribution in [0.15, 0.2) is 0 Å². The second-order valence-electron chi connectivity index (χ2n) is 3.59. The van der Waals surface area contributed by atoms with Crippen molar-refractivity contribution < 1.29 is 23.8 Å². The van der Waals surface area contributed by atoms with Crippen molar-refractivity contribution in [3.8, 4) is 0 Å². The predicted octanol–water partition coefficient (Wildman–Crippen LogP) is -0.263. The summed E-state index contributed by atoms with van der Waals surface area (Å²) < 4.78 is 15.1. The molecule has 78 valence electrons. The number of carbonyl (C=O) groups is 2. The lowest BCUT2D eigenvalue weighted by atomic mass is 9.94. The summed E-state index contributed by atoms with van der Waals surface area (Å²) in [7, 11) is 0. The zero-order valence-corrected chi connectivity index (χ0v) is 7.89. The molecule has 2 heterocycles. The van der Waals surface area contributed by atoms with Crippen LogP contribution in [0.5, 0.6) is 0 Å². The van der Waals surface area contributed by atoms with E-state index < -0.39 is 0 Å². The van der Waals surface area contributed by atoms with Crippen molar-refractivity contribution in [3.63, 3.8) is 0 Å². The summed E-state index contributed by atoms with van der Waals surface area (Å²) >= 11 is 0. The van der Waals surface area contributed by atoms with Crippen LogP contribution in [-0.2, 0) is 23.8 Å². The molecule has 2 rings (SSSR count). The van der Waals surface area contributed by atoms with E-state index in [-0.39, 0.29) is 36.5 Å². The van der Waals surface area contributed by atoms with Crippen molar-refractivity contribution in [3.05, 3.63) is 0 Å². The molecule has 0 aromatic carbocycles. The molecule has 0 unspecified atom stereocenters. The van der Waals surface area contributed by atoms with Gasteiger partial charge in [0.25, 0.3) is 0 Å². The number of hydrogen-bond acceptors (Lipinski definition) is 5. The minimum absolute atomic E-state index is 0.0573. The average molecular weight is 200 g/mol. The van der Waals surface area contributed by atoms with Gasteiger partial charge in [0.2, 0.25) is 0 Å². The number of rotatable bonds is 2. The average Bonchev–Trinajstić information content (AvgIpc) is 2.67. The number of fused-ring (bicyclic) bond motifs is 1. The van der Waals surface area contributed by atoms with Crippen molar-refractivity contribution in [1.82, 2.24) is 0 Å².